The molecule has 2 atom stereocenters. The van der Waals surface area contributed by atoms with Gasteiger partial charge in [0.2, 0.25) is 10.0 Å². The summed E-state index contributed by atoms with van der Waals surface area (Å²) in [4.78, 5) is -0.0540. The van der Waals surface area contributed by atoms with Crippen LogP contribution in [0.2, 0.25) is 5.02 Å². The quantitative estimate of drug-likeness (QED) is 0.859. The van der Waals surface area contributed by atoms with Crippen LogP contribution in [0.3, 0.4) is 0 Å². The third-order valence-corrected chi connectivity index (χ3v) is 5.31. The van der Waals surface area contributed by atoms with E-state index in [1.54, 1.807) is 6.92 Å². The fourth-order valence-electron chi connectivity index (χ4n) is 2.06. The zero-order chi connectivity index (χ0) is 15.7. The molecule has 2 N–H and O–H groups in total. The van der Waals surface area contributed by atoms with E-state index < -0.39 is 21.7 Å². The largest absolute Gasteiger partial charge is 0.386 e. The van der Waals surface area contributed by atoms with E-state index in [0.717, 1.165) is 0 Å². The first-order valence-electron chi connectivity index (χ1n) is 6.32. The number of benzene rings is 1. The Morgan fingerprint density at radius 1 is 1.62 bits per heavy atom. The predicted octanol–water partition coefficient (Wildman–Crippen LogP) is 1.03. The Morgan fingerprint density at radius 3 is 2.86 bits per heavy atom. The van der Waals surface area contributed by atoms with Crippen LogP contribution in [0.1, 0.15) is 18.9 Å². The normalized spacial score (nSPS) is 25.7. The number of ether oxygens (including phenoxy) is 1. The molecule has 1 aliphatic rings. The summed E-state index contributed by atoms with van der Waals surface area (Å²) in [5.41, 5.74) is -1.02. The Labute approximate surface area is 128 Å². The summed E-state index contributed by atoms with van der Waals surface area (Å²) in [5.74, 6) is 0. The minimum absolute atomic E-state index is 0.0540. The van der Waals surface area contributed by atoms with E-state index in [2.05, 4.69) is 4.72 Å². The van der Waals surface area contributed by atoms with E-state index in [9.17, 15) is 13.5 Å². The number of nitrogens with zero attached hydrogens (tertiary/aromatic N) is 1. The van der Waals surface area contributed by atoms with Gasteiger partial charge in [-0.2, -0.15) is 5.26 Å². The molecular formula is C13H15ClN2O4S. The van der Waals surface area contributed by atoms with Crippen molar-refractivity contribution in [3.05, 3.63) is 28.8 Å². The predicted molar refractivity (Wildman–Crippen MR) is 76.3 cm³/mol. The number of hydrogen-bond donors (Lipinski definition) is 2. The van der Waals surface area contributed by atoms with Crippen LogP contribution in [-0.2, 0) is 14.8 Å². The highest BCUT2D eigenvalue weighted by molar-refractivity contribution is 7.89. The summed E-state index contributed by atoms with van der Waals surface area (Å²) in [6.07, 6.45) is -0.0742. The van der Waals surface area contributed by atoms with Crippen molar-refractivity contribution in [3.63, 3.8) is 0 Å². The summed E-state index contributed by atoms with van der Waals surface area (Å²) in [5, 5.41) is 19.1. The lowest BCUT2D eigenvalue weighted by Crippen LogP contribution is -2.47. The number of hydrogen-bond acceptors (Lipinski definition) is 5. The van der Waals surface area contributed by atoms with Crippen LogP contribution in [0, 0.1) is 11.3 Å². The maximum Gasteiger partial charge on any atom is 0.240 e. The number of aliphatic hydroxyl groups is 1. The minimum Gasteiger partial charge on any atom is -0.386 e. The van der Waals surface area contributed by atoms with E-state index >= 15 is 0 Å². The maximum absolute atomic E-state index is 12.2. The number of halogens is 1. The molecule has 0 bridgehead atoms. The first kappa shape index (κ1) is 16.2. The fraction of sp³-hybridized carbons (Fsp3) is 0.462. The molecule has 114 valence electrons. The zero-order valence-electron chi connectivity index (χ0n) is 11.3. The average Bonchev–Trinajstić information content (AvgIpc) is 2.77. The number of nitrogens with one attached hydrogen (secondary N) is 1. The van der Waals surface area contributed by atoms with Crippen molar-refractivity contribution in [3.8, 4) is 6.07 Å². The van der Waals surface area contributed by atoms with Crippen molar-refractivity contribution in [2.24, 2.45) is 0 Å². The second-order valence-corrected chi connectivity index (χ2v) is 7.12. The lowest BCUT2D eigenvalue weighted by atomic mass is 9.97. The van der Waals surface area contributed by atoms with Crippen LogP contribution in [0.15, 0.2) is 23.1 Å². The molecule has 0 radical (unpaired) electrons. The number of rotatable bonds is 4. The van der Waals surface area contributed by atoms with Gasteiger partial charge in [-0.1, -0.05) is 11.6 Å². The summed E-state index contributed by atoms with van der Waals surface area (Å²) in [6, 6.07) is 5.71. The minimum atomic E-state index is -3.82. The number of sulfonamides is 1. The van der Waals surface area contributed by atoms with Crippen molar-refractivity contribution in [2.45, 2.75) is 29.9 Å². The number of nitriles is 1. The third kappa shape index (κ3) is 3.36. The molecule has 0 aliphatic carbocycles. The van der Waals surface area contributed by atoms with Crippen molar-refractivity contribution >= 4 is 21.6 Å². The summed E-state index contributed by atoms with van der Waals surface area (Å²) in [6.45, 7) is 1.94. The van der Waals surface area contributed by atoms with Crippen LogP contribution >= 0.6 is 11.6 Å². The van der Waals surface area contributed by atoms with Crippen molar-refractivity contribution in [1.82, 2.24) is 4.72 Å². The van der Waals surface area contributed by atoms with Gasteiger partial charge >= 0.3 is 0 Å². The average molecular weight is 331 g/mol. The molecule has 0 aromatic heterocycles. The van der Waals surface area contributed by atoms with Gasteiger partial charge in [0.1, 0.15) is 11.7 Å². The van der Waals surface area contributed by atoms with Gasteiger partial charge in [-0.25, -0.2) is 13.1 Å². The highest BCUT2D eigenvalue weighted by atomic mass is 35.5. The molecule has 1 aliphatic heterocycles. The van der Waals surface area contributed by atoms with Gasteiger partial charge in [0.15, 0.2) is 0 Å². The van der Waals surface area contributed by atoms with Gasteiger partial charge in [0.25, 0.3) is 0 Å². The van der Waals surface area contributed by atoms with Crippen LogP contribution < -0.4 is 4.72 Å². The molecule has 2 rings (SSSR count). The van der Waals surface area contributed by atoms with Gasteiger partial charge in [0.05, 0.1) is 21.6 Å². The SMILES string of the molecule is CC1OCCC1(O)CNS(=O)(=O)c1ccc(C#N)c(Cl)c1. The van der Waals surface area contributed by atoms with Gasteiger partial charge in [-0.05, 0) is 25.1 Å². The van der Waals surface area contributed by atoms with Gasteiger partial charge < -0.3 is 9.84 Å². The first-order valence-corrected chi connectivity index (χ1v) is 8.18. The van der Waals surface area contributed by atoms with E-state index in [4.69, 9.17) is 21.6 Å². The smallest absolute Gasteiger partial charge is 0.240 e. The molecule has 0 amide bonds. The molecule has 0 spiro atoms. The van der Waals surface area contributed by atoms with Gasteiger partial charge in [-0.3, -0.25) is 0 Å². The summed E-state index contributed by atoms with van der Waals surface area (Å²) in [7, 11) is -3.82. The van der Waals surface area contributed by atoms with Crippen LogP contribution in [0.5, 0.6) is 0 Å². The van der Waals surface area contributed by atoms with E-state index in [-0.39, 0.29) is 22.0 Å². The van der Waals surface area contributed by atoms with Crippen LogP contribution in [0.4, 0.5) is 0 Å². The zero-order valence-corrected chi connectivity index (χ0v) is 12.9. The van der Waals surface area contributed by atoms with E-state index in [1.165, 1.54) is 18.2 Å². The first-order chi connectivity index (χ1) is 9.78. The van der Waals surface area contributed by atoms with Crippen LogP contribution in [-0.4, -0.2) is 38.4 Å². The standard InChI is InChI=1S/C13H15ClN2O4S/c1-9-13(17,4-5-20-9)8-16-21(18,19)11-3-2-10(7-15)12(14)6-11/h2-3,6,9,16-17H,4-5,8H2,1H3. The Balaban J connectivity index is 2.16. The molecule has 1 aromatic carbocycles. The molecule has 2 unspecified atom stereocenters. The lowest BCUT2D eigenvalue weighted by molar-refractivity contribution is -0.0228. The lowest BCUT2D eigenvalue weighted by Gasteiger charge is -2.26. The Morgan fingerprint density at radius 2 is 2.33 bits per heavy atom. The molecule has 1 saturated heterocycles. The highest BCUT2D eigenvalue weighted by Gasteiger charge is 2.40. The molecule has 1 aromatic rings. The molecule has 1 fully saturated rings. The van der Waals surface area contributed by atoms with Crippen molar-refractivity contribution < 1.29 is 18.3 Å². The van der Waals surface area contributed by atoms with Crippen molar-refractivity contribution in [2.75, 3.05) is 13.2 Å². The third-order valence-electron chi connectivity index (χ3n) is 3.60. The maximum atomic E-state index is 12.2. The van der Waals surface area contributed by atoms with Gasteiger partial charge in [-0.15, -0.1) is 0 Å². The summed E-state index contributed by atoms with van der Waals surface area (Å²) >= 11 is 5.83. The molecule has 0 saturated carbocycles. The molecule has 21 heavy (non-hydrogen) atoms. The Bertz CT molecular complexity index is 686. The van der Waals surface area contributed by atoms with Crippen LogP contribution in [0.25, 0.3) is 0 Å². The summed E-state index contributed by atoms with van der Waals surface area (Å²) < 4.78 is 32.0. The topological polar surface area (TPSA) is 99.4 Å². The molecule has 8 heteroatoms. The van der Waals surface area contributed by atoms with E-state index in [1.807, 2.05) is 6.07 Å². The fourth-order valence-corrected chi connectivity index (χ4v) is 3.47. The molecular weight excluding hydrogens is 316 g/mol. The highest BCUT2D eigenvalue weighted by Crippen LogP contribution is 2.26. The van der Waals surface area contributed by atoms with Gasteiger partial charge in [0, 0.05) is 19.6 Å². The van der Waals surface area contributed by atoms with Crippen molar-refractivity contribution in [1.29, 1.82) is 5.26 Å². The molecule has 6 nitrogen and oxygen atoms in total. The Kier molecular flexibility index (Phi) is 4.56. The second-order valence-electron chi connectivity index (χ2n) is 4.94. The second kappa shape index (κ2) is 5.91. The Hall–Kier alpha value is -1.17. The monoisotopic (exact) mass is 330 g/mol. The molecule has 1 heterocycles. The van der Waals surface area contributed by atoms with E-state index in [0.29, 0.717) is 13.0 Å².